The predicted octanol–water partition coefficient (Wildman–Crippen LogP) is 2.34. The highest BCUT2D eigenvalue weighted by Crippen LogP contribution is 2.29. The molecule has 0 fully saturated rings. The predicted molar refractivity (Wildman–Crippen MR) is 98.7 cm³/mol. The first-order chi connectivity index (χ1) is 13.5. The van der Waals surface area contributed by atoms with Crippen LogP contribution in [0.4, 0.5) is 11.6 Å². The molecule has 4 rings (SSSR count). The molecule has 4 aromatic rings. The number of rotatable bonds is 5. The Bertz CT molecular complexity index is 1200. The summed E-state index contributed by atoms with van der Waals surface area (Å²) in [5.74, 6) is 1.46. The van der Waals surface area contributed by atoms with Crippen LogP contribution < -0.4 is 10.5 Å². The lowest BCUT2D eigenvalue weighted by Crippen LogP contribution is -2.05. The molecule has 28 heavy (non-hydrogen) atoms. The molecule has 0 bridgehead atoms. The summed E-state index contributed by atoms with van der Waals surface area (Å²) in [6.45, 7) is 2.09. The molecule has 0 atom stereocenters. The topological polar surface area (TPSA) is 148 Å². The smallest absolute Gasteiger partial charge is 0.310 e. The van der Waals surface area contributed by atoms with Gasteiger partial charge in [0, 0.05) is 6.07 Å². The third kappa shape index (κ3) is 2.98. The van der Waals surface area contributed by atoms with Gasteiger partial charge in [-0.15, -0.1) is 5.10 Å². The van der Waals surface area contributed by atoms with Crippen molar-refractivity contribution >= 4 is 22.8 Å². The number of methoxy groups -OCH3 is 1. The van der Waals surface area contributed by atoms with Gasteiger partial charge in [0.15, 0.2) is 22.7 Å². The average Bonchev–Trinajstić information content (AvgIpc) is 3.27. The quantitative estimate of drug-likeness (QED) is 0.406. The standard InChI is InChI=1S/C17H15N7O4/c1-9-3-6-12(28-9)14-15-16(20-17(18)19-14)23(22-21-15)8-10-4-5-11(24(25)26)13(7-10)27-2/h3-7H,8H2,1-2H3,(H2,18,19,20). The molecule has 11 nitrogen and oxygen atoms in total. The number of furan rings is 1. The van der Waals surface area contributed by atoms with Crippen molar-refractivity contribution in [3.05, 3.63) is 51.8 Å². The van der Waals surface area contributed by atoms with E-state index in [1.54, 1.807) is 18.2 Å². The lowest BCUT2D eigenvalue weighted by Gasteiger charge is -2.06. The van der Waals surface area contributed by atoms with Crippen LogP contribution in [-0.2, 0) is 6.54 Å². The number of benzene rings is 1. The minimum atomic E-state index is -0.501. The number of nitro groups is 1. The van der Waals surface area contributed by atoms with Crippen molar-refractivity contribution in [1.29, 1.82) is 0 Å². The number of hydrogen-bond donors (Lipinski definition) is 1. The fourth-order valence-corrected chi connectivity index (χ4v) is 2.86. The summed E-state index contributed by atoms with van der Waals surface area (Å²) in [5.41, 5.74) is 7.79. The molecule has 0 aliphatic rings. The van der Waals surface area contributed by atoms with E-state index in [0.29, 0.717) is 22.6 Å². The highest BCUT2D eigenvalue weighted by molar-refractivity contribution is 5.86. The first kappa shape index (κ1) is 17.4. The third-order valence-corrected chi connectivity index (χ3v) is 4.13. The van der Waals surface area contributed by atoms with Crippen LogP contribution >= 0.6 is 0 Å². The number of anilines is 1. The monoisotopic (exact) mass is 381 g/mol. The van der Waals surface area contributed by atoms with Crippen LogP contribution in [0, 0.1) is 17.0 Å². The largest absolute Gasteiger partial charge is 0.490 e. The average molecular weight is 381 g/mol. The highest BCUT2D eigenvalue weighted by Gasteiger charge is 2.19. The van der Waals surface area contributed by atoms with Crippen molar-refractivity contribution in [3.63, 3.8) is 0 Å². The van der Waals surface area contributed by atoms with Gasteiger partial charge in [-0.05, 0) is 30.7 Å². The molecule has 0 unspecified atom stereocenters. The van der Waals surface area contributed by atoms with Crippen LogP contribution in [0.3, 0.4) is 0 Å². The Kier molecular flexibility index (Phi) is 4.11. The Morgan fingerprint density at radius 2 is 2.11 bits per heavy atom. The summed E-state index contributed by atoms with van der Waals surface area (Å²) in [4.78, 5) is 19.0. The van der Waals surface area contributed by atoms with Crippen molar-refractivity contribution < 1.29 is 14.1 Å². The van der Waals surface area contributed by atoms with Crippen molar-refractivity contribution in [2.45, 2.75) is 13.5 Å². The molecule has 0 aliphatic carbocycles. The molecule has 3 heterocycles. The van der Waals surface area contributed by atoms with Crippen molar-refractivity contribution in [2.75, 3.05) is 12.8 Å². The SMILES string of the molecule is COc1cc(Cn2nnc3c(-c4ccc(C)o4)nc(N)nc32)ccc1[N+](=O)[O-]. The van der Waals surface area contributed by atoms with E-state index in [2.05, 4.69) is 20.3 Å². The number of nitrogens with two attached hydrogens (primary N) is 1. The van der Waals surface area contributed by atoms with Gasteiger partial charge in [-0.2, -0.15) is 4.98 Å². The van der Waals surface area contributed by atoms with Crippen molar-refractivity contribution in [2.24, 2.45) is 0 Å². The summed E-state index contributed by atoms with van der Waals surface area (Å²) in [6.07, 6.45) is 0. The summed E-state index contributed by atoms with van der Waals surface area (Å²) in [5, 5.41) is 19.3. The Morgan fingerprint density at radius 1 is 1.29 bits per heavy atom. The van der Waals surface area contributed by atoms with Crippen LogP contribution in [0.25, 0.3) is 22.6 Å². The Balaban J connectivity index is 1.77. The molecule has 0 saturated carbocycles. The molecule has 0 saturated heterocycles. The van der Waals surface area contributed by atoms with E-state index in [0.717, 1.165) is 11.3 Å². The van der Waals surface area contributed by atoms with Gasteiger partial charge in [0.2, 0.25) is 5.95 Å². The van der Waals surface area contributed by atoms with Gasteiger partial charge in [0.1, 0.15) is 11.5 Å². The van der Waals surface area contributed by atoms with Crippen LogP contribution in [0.5, 0.6) is 5.75 Å². The fraction of sp³-hybridized carbons (Fsp3) is 0.176. The zero-order valence-electron chi connectivity index (χ0n) is 15.0. The van der Waals surface area contributed by atoms with Gasteiger partial charge in [-0.3, -0.25) is 10.1 Å². The Hall–Kier alpha value is -4.02. The van der Waals surface area contributed by atoms with E-state index in [1.807, 2.05) is 13.0 Å². The first-order valence-corrected chi connectivity index (χ1v) is 8.21. The number of aryl methyl sites for hydroxylation is 1. The number of ether oxygens (including phenoxy) is 1. The second-order valence-corrected chi connectivity index (χ2v) is 6.02. The molecule has 142 valence electrons. The molecular formula is C17H15N7O4. The number of hydrogen-bond acceptors (Lipinski definition) is 9. The van der Waals surface area contributed by atoms with Gasteiger partial charge < -0.3 is 14.9 Å². The lowest BCUT2D eigenvalue weighted by molar-refractivity contribution is -0.385. The van der Waals surface area contributed by atoms with Crippen molar-refractivity contribution in [1.82, 2.24) is 25.0 Å². The highest BCUT2D eigenvalue weighted by atomic mass is 16.6. The van der Waals surface area contributed by atoms with E-state index in [4.69, 9.17) is 14.9 Å². The van der Waals surface area contributed by atoms with E-state index >= 15 is 0 Å². The number of nitrogens with zero attached hydrogens (tertiary/aromatic N) is 6. The number of aromatic nitrogens is 5. The Labute approximate surface area is 157 Å². The molecule has 0 amide bonds. The van der Waals surface area contributed by atoms with Crippen molar-refractivity contribution in [3.8, 4) is 17.2 Å². The van der Waals surface area contributed by atoms with Crippen LogP contribution in [0.1, 0.15) is 11.3 Å². The molecule has 2 N–H and O–H groups in total. The van der Waals surface area contributed by atoms with E-state index < -0.39 is 4.92 Å². The molecule has 11 heteroatoms. The minimum Gasteiger partial charge on any atom is -0.490 e. The molecule has 0 aliphatic heterocycles. The van der Waals surface area contributed by atoms with E-state index in [1.165, 1.54) is 17.9 Å². The summed E-state index contributed by atoms with van der Waals surface area (Å²) >= 11 is 0. The van der Waals surface area contributed by atoms with E-state index in [-0.39, 0.29) is 23.9 Å². The van der Waals surface area contributed by atoms with Crippen LogP contribution in [0.2, 0.25) is 0 Å². The van der Waals surface area contributed by atoms with Gasteiger partial charge >= 0.3 is 5.69 Å². The first-order valence-electron chi connectivity index (χ1n) is 8.21. The second-order valence-electron chi connectivity index (χ2n) is 6.02. The molecule has 1 aromatic carbocycles. The maximum Gasteiger partial charge on any atom is 0.310 e. The third-order valence-electron chi connectivity index (χ3n) is 4.13. The molecule has 0 radical (unpaired) electrons. The maximum absolute atomic E-state index is 11.1. The maximum atomic E-state index is 11.1. The molecule has 3 aromatic heterocycles. The zero-order valence-corrected chi connectivity index (χ0v) is 15.0. The summed E-state index contributed by atoms with van der Waals surface area (Å²) in [6, 6.07) is 8.17. The minimum absolute atomic E-state index is 0.0568. The fourth-order valence-electron chi connectivity index (χ4n) is 2.86. The lowest BCUT2D eigenvalue weighted by atomic mass is 10.2. The van der Waals surface area contributed by atoms with Gasteiger partial charge in [-0.25, -0.2) is 9.67 Å². The van der Waals surface area contributed by atoms with Gasteiger partial charge in [-0.1, -0.05) is 11.3 Å². The number of nitrogen functional groups attached to an aromatic ring is 1. The van der Waals surface area contributed by atoms with Gasteiger partial charge in [0.25, 0.3) is 0 Å². The Morgan fingerprint density at radius 3 is 2.79 bits per heavy atom. The van der Waals surface area contributed by atoms with Gasteiger partial charge in [0.05, 0.1) is 18.6 Å². The zero-order chi connectivity index (χ0) is 19.8. The normalized spacial score (nSPS) is 11.1. The molecular weight excluding hydrogens is 366 g/mol. The summed E-state index contributed by atoms with van der Waals surface area (Å²) < 4.78 is 12.3. The number of nitro benzene ring substituents is 1. The number of fused-ring (bicyclic) bond motifs is 1. The van der Waals surface area contributed by atoms with Crippen LogP contribution in [-0.4, -0.2) is 37.0 Å². The molecule has 0 spiro atoms. The van der Waals surface area contributed by atoms with Crippen LogP contribution in [0.15, 0.2) is 34.7 Å². The summed E-state index contributed by atoms with van der Waals surface area (Å²) in [7, 11) is 1.38. The second kappa shape index (κ2) is 6.61. The van der Waals surface area contributed by atoms with E-state index in [9.17, 15) is 10.1 Å².